The molecule has 20 heavy (non-hydrogen) atoms. The summed E-state index contributed by atoms with van der Waals surface area (Å²) in [6.45, 7) is 0. The molecular weight excluding hydrogens is 256 g/mol. The average Bonchev–Trinajstić information content (AvgIpc) is 2.48. The number of amides is 1. The van der Waals surface area contributed by atoms with E-state index in [1.807, 2.05) is 12.1 Å². The van der Waals surface area contributed by atoms with Crippen molar-refractivity contribution in [2.75, 3.05) is 5.32 Å². The van der Waals surface area contributed by atoms with E-state index in [9.17, 15) is 9.59 Å². The SMILES string of the molecule is N#Cc1ccc(NC(=O)C2CC=CCC2C(=O)O)cc1. The number of hydrogen-bond acceptors (Lipinski definition) is 3. The number of benzene rings is 1. The second kappa shape index (κ2) is 6.02. The second-order valence-electron chi connectivity index (χ2n) is 4.67. The van der Waals surface area contributed by atoms with Gasteiger partial charge in [-0.05, 0) is 37.1 Å². The fourth-order valence-electron chi connectivity index (χ4n) is 2.24. The van der Waals surface area contributed by atoms with Crippen LogP contribution in [-0.4, -0.2) is 17.0 Å². The van der Waals surface area contributed by atoms with Crippen LogP contribution >= 0.6 is 0 Å². The smallest absolute Gasteiger partial charge is 0.307 e. The molecule has 0 spiro atoms. The van der Waals surface area contributed by atoms with Crippen molar-refractivity contribution in [3.8, 4) is 6.07 Å². The molecule has 1 aromatic carbocycles. The lowest BCUT2D eigenvalue weighted by molar-refractivity contribution is -0.146. The van der Waals surface area contributed by atoms with E-state index in [4.69, 9.17) is 10.4 Å². The van der Waals surface area contributed by atoms with Gasteiger partial charge in [0.05, 0.1) is 23.5 Å². The number of nitrogens with one attached hydrogen (secondary N) is 1. The maximum absolute atomic E-state index is 12.2. The largest absolute Gasteiger partial charge is 0.481 e. The Hall–Kier alpha value is -2.61. The van der Waals surface area contributed by atoms with Crippen molar-refractivity contribution >= 4 is 17.6 Å². The van der Waals surface area contributed by atoms with Gasteiger partial charge in [-0.3, -0.25) is 9.59 Å². The molecule has 0 saturated carbocycles. The number of carbonyl (C=O) groups is 2. The second-order valence-corrected chi connectivity index (χ2v) is 4.67. The van der Waals surface area contributed by atoms with E-state index in [1.54, 1.807) is 30.3 Å². The van der Waals surface area contributed by atoms with E-state index < -0.39 is 17.8 Å². The molecule has 102 valence electrons. The van der Waals surface area contributed by atoms with Crippen LogP contribution in [0.4, 0.5) is 5.69 Å². The fraction of sp³-hybridized carbons (Fsp3) is 0.267. The number of carbonyl (C=O) groups excluding carboxylic acids is 1. The predicted octanol–water partition coefficient (Wildman–Crippen LogP) is 2.16. The zero-order valence-corrected chi connectivity index (χ0v) is 10.7. The summed E-state index contributed by atoms with van der Waals surface area (Å²) in [6, 6.07) is 8.46. The van der Waals surface area contributed by atoms with Crippen molar-refractivity contribution in [2.45, 2.75) is 12.8 Å². The molecule has 1 aliphatic rings. The molecule has 0 aromatic heterocycles. The first-order valence-electron chi connectivity index (χ1n) is 6.30. The molecule has 1 aromatic rings. The van der Waals surface area contributed by atoms with Crippen LogP contribution in [0, 0.1) is 23.2 Å². The van der Waals surface area contributed by atoms with E-state index in [2.05, 4.69) is 5.32 Å². The van der Waals surface area contributed by atoms with Crippen molar-refractivity contribution in [3.05, 3.63) is 42.0 Å². The Morgan fingerprint density at radius 1 is 1.15 bits per heavy atom. The van der Waals surface area contributed by atoms with Crippen LogP contribution < -0.4 is 5.32 Å². The average molecular weight is 270 g/mol. The first-order valence-corrected chi connectivity index (χ1v) is 6.30. The molecule has 2 rings (SSSR count). The third kappa shape index (κ3) is 3.04. The molecule has 2 N–H and O–H groups in total. The third-order valence-corrected chi connectivity index (χ3v) is 3.37. The Bertz CT molecular complexity index is 584. The summed E-state index contributed by atoms with van der Waals surface area (Å²) in [5.74, 6) is -2.49. The van der Waals surface area contributed by atoms with Crippen molar-refractivity contribution in [3.63, 3.8) is 0 Å². The summed E-state index contributed by atoms with van der Waals surface area (Å²) in [4.78, 5) is 23.3. The Morgan fingerprint density at radius 3 is 2.30 bits per heavy atom. The van der Waals surface area contributed by atoms with Crippen LogP contribution in [0.15, 0.2) is 36.4 Å². The number of carboxylic acid groups (broad SMARTS) is 1. The lowest BCUT2D eigenvalue weighted by Gasteiger charge is -2.24. The molecule has 5 nitrogen and oxygen atoms in total. The minimum atomic E-state index is -0.950. The maximum Gasteiger partial charge on any atom is 0.307 e. The topological polar surface area (TPSA) is 90.2 Å². The number of carboxylic acids is 1. The maximum atomic E-state index is 12.2. The van der Waals surface area contributed by atoms with Gasteiger partial charge >= 0.3 is 5.97 Å². The zero-order valence-electron chi connectivity index (χ0n) is 10.7. The predicted molar refractivity (Wildman–Crippen MR) is 72.8 cm³/mol. The molecule has 0 bridgehead atoms. The van der Waals surface area contributed by atoms with Gasteiger partial charge in [0.25, 0.3) is 0 Å². The number of nitriles is 1. The Kier molecular flexibility index (Phi) is 4.16. The molecule has 0 fully saturated rings. The normalized spacial score (nSPS) is 20.9. The molecule has 0 saturated heterocycles. The molecule has 2 atom stereocenters. The van der Waals surface area contributed by atoms with Crippen molar-refractivity contribution in [1.82, 2.24) is 0 Å². The van der Waals surface area contributed by atoms with Crippen LogP contribution in [0.5, 0.6) is 0 Å². The molecule has 5 heteroatoms. The standard InChI is InChI=1S/C15H14N2O3/c16-9-10-5-7-11(8-6-10)17-14(18)12-3-1-2-4-13(12)15(19)20/h1-2,5-8,12-13H,3-4H2,(H,17,18)(H,19,20). The monoisotopic (exact) mass is 270 g/mol. The molecular formula is C15H14N2O3. The summed E-state index contributed by atoms with van der Waals surface area (Å²) in [6.07, 6.45) is 4.44. The van der Waals surface area contributed by atoms with Gasteiger partial charge < -0.3 is 10.4 Å². The van der Waals surface area contributed by atoms with Crippen molar-refractivity contribution < 1.29 is 14.7 Å². The minimum absolute atomic E-state index is 0.300. The molecule has 1 aliphatic carbocycles. The quantitative estimate of drug-likeness (QED) is 0.823. The third-order valence-electron chi connectivity index (χ3n) is 3.37. The van der Waals surface area contributed by atoms with Gasteiger partial charge in [-0.1, -0.05) is 12.2 Å². The molecule has 2 unspecified atom stereocenters. The number of anilines is 1. The minimum Gasteiger partial charge on any atom is -0.481 e. The highest BCUT2D eigenvalue weighted by Gasteiger charge is 2.33. The lowest BCUT2D eigenvalue weighted by Crippen LogP contribution is -2.34. The van der Waals surface area contributed by atoms with Gasteiger partial charge in [-0.25, -0.2) is 0 Å². The van der Waals surface area contributed by atoms with Crippen molar-refractivity contribution in [1.29, 1.82) is 5.26 Å². The summed E-state index contributed by atoms with van der Waals surface area (Å²) in [7, 11) is 0. The van der Waals surface area contributed by atoms with Gasteiger partial charge in [0.15, 0.2) is 0 Å². The van der Waals surface area contributed by atoms with Gasteiger partial charge in [-0.15, -0.1) is 0 Å². The first-order chi connectivity index (χ1) is 9.61. The van der Waals surface area contributed by atoms with E-state index in [-0.39, 0.29) is 5.91 Å². The Labute approximate surface area is 116 Å². The number of hydrogen-bond donors (Lipinski definition) is 2. The number of aliphatic carboxylic acids is 1. The van der Waals surface area contributed by atoms with E-state index in [0.29, 0.717) is 24.1 Å². The zero-order chi connectivity index (χ0) is 14.5. The van der Waals surface area contributed by atoms with Crippen LogP contribution in [0.1, 0.15) is 18.4 Å². The van der Waals surface area contributed by atoms with Gasteiger partial charge in [0, 0.05) is 5.69 Å². The summed E-state index contributed by atoms with van der Waals surface area (Å²) < 4.78 is 0. The summed E-state index contributed by atoms with van der Waals surface area (Å²) in [5, 5.41) is 20.5. The number of nitrogens with zero attached hydrogens (tertiary/aromatic N) is 1. The number of allylic oxidation sites excluding steroid dienone is 2. The van der Waals surface area contributed by atoms with E-state index >= 15 is 0 Å². The van der Waals surface area contributed by atoms with E-state index in [1.165, 1.54) is 0 Å². The highest BCUT2D eigenvalue weighted by molar-refractivity contribution is 5.95. The number of rotatable bonds is 3. The molecule has 0 radical (unpaired) electrons. The summed E-state index contributed by atoms with van der Waals surface area (Å²) >= 11 is 0. The first kappa shape index (κ1) is 13.8. The molecule has 0 heterocycles. The van der Waals surface area contributed by atoms with Gasteiger partial charge in [-0.2, -0.15) is 5.26 Å². The van der Waals surface area contributed by atoms with Crippen LogP contribution in [-0.2, 0) is 9.59 Å². The van der Waals surface area contributed by atoms with Crippen LogP contribution in [0.2, 0.25) is 0 Å². The highest BCUT2D eigenvalue weighted by atomic mass is 16.4. The Balaban J connectivity index is 2.08. The van der Waals surface area contributed by atoms with E-state index in [0.717, 1.165) is 0 Å². The lowest BCUT2D eigenvalue weighted by atomic mass is 9.82. The summed E-state index contributed by atoms with van der Waals surface area (Å²) in [5.41, 5.74) is 1.07. The molecule has 1 amide bonds. The van der Waals surface area contributed by atoms with Gasteiger partial charge in [0.2, 0.25) is 5.91 Å². The highest BCUT2D eigenvalue weighted by Crippen LogP contribution is 2.27. The van der Waals surface area contributed by atoms with Crippen LogP contribution in [0.25, 0.3) is 0 Å². The van der Waals surface area contributed by atoms with Gasteiger partial charge in [0.1, 0.15) is 0 Å². The van der Waals surface area contributed by atoms with Crippen molar-refractivity contribution in [2.24, 2.45) is 11.8 Å². The Morgan fingerprint density at radius 2 is 1.75 bits per heavy atom. The fourth-order valence-corrected chi connectivity index (χ4v) is 2.24. The van der Waals surface area contributed by atoms with Crippen LogP contribution in [0.3, 0.4) is 0 Å². The molecule has 0 aliphatic heterocycles.